The summed E-state index contributed by atoms with van der Waals surface area (Å²) >= 11 is 0. The van der Waals surface area contributed by atoms with Crippen molar-refractivity contribution in [3.8, 4) is 11.5 Å². The van der Waals surface area contributed by atoms with Gasteiger partial charge in [0.15, 0.2) is 0 Å². The van der Waals surface area contributed by atoms with Crippen molar-refractivity contribution in [1.29, 1.82) is 0 Å². The highest BCUT2D eigenvalue weighted by atomic mass is 16.5. The number of rotatable bonds is 22. The molecule has 6 rings (SSSR count). The van der Waals surface area contributed by atoms with Gasteiger partial charge in [0, 0.05) is 13.1 Å². The Hall–Kier alpha value is -2.12. The van der Waals surface area contributed by atoms with Crippen molar-refractivity contribution in [2.75, 3.05) is 39.4 Å². The van der Waals surface area contributed by atoms with E-state index in [2.05, 4.69) is 73.0 Å². The van der Waals surface area contributed by atoms with Gasteiger partial charge in [0.25, 0.3) is 0 Å². The van der Waals surface area contributed by atoms with E-state index >= 15 is 0 Å². The lowest BCUT2D eigenvalue weighted by molar-refractivity contribution is -0.0281. The van der Waals surface area contributed by atoms with Gasteiger partial charge < -0.3 is 30.3 Å². The molecule has 0 amide bonds. The van der Waals surface area contributed by atoms with Crippen molar-refractivity contribution in [3.63, 3.8) is 0 Å². The Morgan fingerprint density at radius 2 is 1.04 bits per heavy atom. The molecule has 2 unspecified atom stereocenters. The number of nitrogens with one attached hydrogen (secondary N) is 2. The number of aliphatic hydroxyl groups is 2. The molecule has 0 spiro atoms. The fourth-order valence-corrected chi connectivity index (χ4v) is 9.14. The maximum atomic E-state index is 10.4. The summed E-state index contributed by atoms with van der Waals surface area (Å²) in [5.41, 5.74) is 3.38. The third-order valence-corrected chi connectivity index (χ3v) is 11.1. The van der Waals surface area contributed by atoms with E-state index in [0.717, 1.165) is 49.3 Å². The second kappa shape index (κ2) is 17.3. The van der Waals surface area contributed by atoms with Gasteiger partial charge in [0.05, 0.1) is 0 Å². The number of unbranched alkanes of at least 4 members (excludes halogenated alkanes) is 6. The zero-order valence-corrected chi connectivity index (χ0v) is 28.8. The van der Waals surface area contributed by atoms with Gasteiger partial charge in [-0.3, -0.25) is 0 Å². The topological polar surface area (TPSA) is 83.0 Å². The number of benzene rings is 2. The lowest BCUT2D eigenvalue weighted by Gasteiger charge is -2.62. The van der Waals surface area contributed by atoms with E-state index in [9.17, 15) is 10.2 Å². The van der Waals surface area contributed by atoms with E-state index in [4.69, 9.17) is 9.47 Å². The lowest BCUT2D eigenvalue weighted by Crippen LogP contribution is -2.55. The van der Waals surface area contributed by atoms with Gasteiger partial charge in [-0.1, -0.05) is 76.6 Å². The molecular weight excluding hydrogens is 572 g/mol. The SMILES string of the molecule is CCCCCCNCC(O)COc1ccc(C23CC4CC(C2)CC(c2ccc(OCC(O)CNCCCCCC)cc2)(C4)C3)cc1. The number of hydrogen-bond donors (Lipinski definition) is 4. The first kappa shape index (κ1) is 35.2. The largest absolute Gasteiger partial charge is 0.491 e. The summed E-state index contributed by atoms with van der Waals surface area (Å²) < 4.78 is 12.0. The van der Waals surface area contributed by atoms with Gasteiger partial charge in [-0.15, -0.1) is 0 Å². The van der Waals surface area contributed by atoms with Crippen molar-refractivity contribution in [2.24, 2.45) is 11.8 Å². The highest BCUT2D eigenvalue weighted by Crippen LogP contribution is 2.66. The molecule has 6 nitrogen and oxygen atoms in total. The van der Waals surface area contributed by atoms with E-state index in [1.165, 1.54) is 88.2 Å². The summed E-state index contributed by atoms with van der Waals surface area (Å²) in [6, 6.07) is 17.7. The number of ether oxygens (including phenoxy) is 2. The Morgan fingerprint density at radius 3 is 1.43 bits per heavy atom. The van der Waals surface area contributed by atoms with E-state index in [1.807, 2.05) is 0 Å². The third-order valence-electron chi connectivity index (χ3n) is 11.1. The minimum Gasteiger partial charge on any atom is -0.491 e. The molecule has 4 aliphatic carbocycles. The van der Waals surface area contributed by atoms with Crippen molar-refractivity contribution in [3.05, 3.63) is 59.7 Å². The second-order valence-electron chi connectivity index (χ2n) is 15.0. The Kier molecular flexibility index (Phi) is 13.3. The first-order chi connectivity index (χ1) is 22.4. The van der Waals surface area contributed by atoms with Crippen LogP contribution in [0.25, 0.3) is 0 Å². The highest BCUT2D eigenvalue weighted by Gasteiger charge is 2.58. The Labute approximate surface area is 279 Å². The molecule has 0 radical (unpaired) electrons. The molecule has 4 bridgehead atoms. The fourth-order valence-electron chi connectivity index (χ4n) is 9.14. The Morgan fingerprint density at radius 1 is 0.630 bits per heavy atom. The second-order valence-corrected chi connectivity index (χ2v) is 15.0. The standard InChI is InChI=1S/C40H62N2O4/c1-3-5-7-9-19-41-26-35(43)28-45-37-15-11-33(12-16-37)39-22-31-21-32(23-39)25-40(24-31,30-39)34-13-17-38(18-14-34)46-29-36(44)27-42-20-10-8-6-4-2/h11-18,31-32,35-36,41-44H,3-10,19-30H2,1-2H3. The van der Waals surface area contributed by atoms with Crippen molar-refractivity contribution < 1.29 is 19.7 Å². The zero-order chi connectivity index (χ0) is 32.2. The van der Waals surface area contributed by atoms with Crippen LogP contribution in [-0.4, -0.2) is 61.8 Å². The van der Waals surface area contributed by atoms with E-state index in [-0.39, 0.29) is 10.8 Å². The first-order valence-electron chi connectivity index (χ1n) is 18.7. The molecular formula is C40H62N2O4. The average Bonchev–Trinajstić information content (AvgIpc) is 3.06. The van der Waals surface area contributed by atoms with Gasteiger partial charge in [-0.25, -0.2) is 0 Å². The van der Waals surface area contributed by atoms with Gasteiger partial charge in [-0.2, -0.15) is 0 Å². The monoisotopic (exact) mass is 634 g/mol. The van der Waals surface area contributed by atoms with Crippen LogP contribution >= 0.6 is 0 Å². The molecule has 4 fully saturated rings. The molecule has 256 valence electrons. The molecule has 2 aromatic rings. The van der Waals surface area contributed by atoms with E-state index in [1.54, 1.807) is 0 Å². The minimum atomic E-state index is -0.502. The van der Waals surface area contributed by atoms with Crippen molar-refractivity contribution in [2.45, 2.75) is 127 Å². The summed E-state index contributed by atoms with van der Waals surface area (Å²) in [5.74, 6) is 3.24. The van der Waals surface area contributed by atoms with Crippen LogP contribution in [-0.2, 0) is 10.8 Å². The smallest absolute Gasteiger partial charge is 0.119 e. The summed E-state index contributed by atoms with van der Waals surface area (Å²) in [6.45, 7) is 8.13. The van der Waals surface area contributed by atoms with Crippen LogP contribution in [0, 0.1) is 11.8 Å². The van der Waals surface area contributed by atoms with Crippen LogP contribution in [0.2, 0.25) is 0 Å². The number of hydrogen-bond acceptors (Lipinski definition) is 6. The summed E-state index contributed by atoms with van der Waals surface area (Å²) in [7, 11) is 0. The zero-order valence-electron chi connectivity index (χ0n) is 28.8. The third kappa shape index (κ3) is 9.49. The van der Waals surface area contributed by atoms with Gasteiger partial charge in [0.2, 0.25) is 0 Å². The van der Waals surface area contributed by atoms with Gasteiger partial charge in [0.1, 0.15) is 36.9 Å². The van der Waals surface area contributed by atoms with Crippen LogP contribution in [0.5, 0.6) is 11.5 Å². The highest BCUT2D eigenvalue weighted by molar-refractivity contribution is 5.41. The Bertz CT molecular complexity index is 1050. The molecule has 46 heavy (non-hydrogen) atoms. The molecule has 4 aliphatic rings. The van der Waals surface area contributed by atoms with E-state index in [0.29, 0.717) is 26.3 Å². The van der Waals surface area contributed by atoms with Crippen molar-refractivity contribution in [1.82, 2.24) is 10.6 Å². The fraction of sp³-hybridized carbons (Fsp3) is 0.700. The first-order valence-corrected chi connectivity index (χ1v) is 18.7. The number of aliphatic hydroxyl groups excluding tert-OH is 2. The van der Waals surface area contributed by atoms with Crippen LogP contribution in [0.3, 0.4) is 0 Å². The molecule has 0 saturated heterocycles. The normalized spacial score (nSPS) is 26.3. The van der Waals surface area contributed by atoms with Gasteiger partial charge >= 0.3 is 0 Å². The summed E-state index contributed by atoms with van der Waals surface area (Å²) in [6.07, 6.45) is 16.6. The average molecular weight is 635 g/mol. The summed E-state index contributed by atoms with van der Waals surface area (Å²) in [4.78, 5) is 0. The predicted molar refractivity (Wildman–Crippen MR) is 188 cm³/mol. The summed E-state index contributed by atoms with van der Waals surface area (Å²) in [5, 5.41) is 27.5. The minimum absolute atomic E-state index is 0.229. The quantitative estimate of drug-likeness (QED) is 0.102. The van der Waals surface area contributed by atoms with E-state index < -0.39 is 12.2 Å². The Balaban J connectivity index is 1.12. The maximum Gasteiger partial charge on any atom is 0.119 e. The molecule has 2 aromatic carbocycles. The van der Waals surface area contributed by atoms with Crippen LogP contribution in [0.1, 0.15) is 115 Å². The predicted octanol–water partition coefficient (Wildman–Crippen LogP) is 7.30. The molecule has 0 aromatic heterocycles. The molecule has 4 N–H and O–H groups in total. The lowest BCUT2D eigenvalue weighted by atomic mass is 9.42. The van der Waals surface area contributed by atoms with Crippen LogP contribution < -0.4 is 20.1 Å². The molecule has 6 heteroatoms. The molecule has 0 aliphatic heterocycles. The molecule has 2 atom stereocenters. The van der Waals surface area contributed by atoms with Crippen LogP contribution in [0.15, 0.2) is 48.5 Å². The maximum absolute atomic E-state index is 10.4. The molecule has 4 saturated carbocycles. The van der Waals surface area contributed by atoms with Crippen LogP contribution in [0.4, 0.5) is 0 Å². The molecule has 0 heterocycles. The van der Waals surface area contributed by atoms with Crippen molar-refractivity contribution >= 4 is 0 Å². The van der Waals surface area contributed by atoms with Gasteiger partial charge in [-0.05, 0) is 123 Å².